The van der Waals surface area contributed by atoms with Gasteiger partial charge in [0.25, 0.3) is 5.91 Å². The Labute approximate surface area is 139 Å². The first-order valence-corrected chi connectivity index (χ1v) is 7.97. The molecular formula is C16H18N4O2S. The van der Waals surface area contributed by atoms with E-state index in [1.165, 1.54) is 11.8 Å². The molecule has 120 valence electrons. The number of carbonyl (C=O) groups excluding carboxylic acids is 1. The smallest absolute Gasteiger partial charge is 0.250 e. The lowest BCUT2D eigenvalue weighted by atomic mass is 10.2. The fourth-order valence-electron chi connectivity index (χ4n) is 1.87. The summed E-state index contributed by atoms with van der Waals surface area (Å²) in [6.45, 7) is 3.80. The van der Waals surface area contributed by atoms with Crippen molar-refractivity contribution in [3.63, 3.8) is 0 Å². The Hall–Kier alpha value is -2.41. The molecule has 0 saturated carbocycles. The van der Waals surface area contributed by atoms with Crippen LogP contribution in [0.5, 0.6) is 5.75 Å². The predicted molar refractivity (Wildman–Crippen MR) is 91.0 cm³/mol. The number of hydrogen-bond donors (Lipinski definition) is 1. The number of benzene rings is 1. The van der Waals surface area contributed by atoms with Crippen LogP contribution in [0.15, 0.2) is 40.6 Å². The minimum Gasteiger partial charge on any atom is -0.496 e. The number of para-hydroxylation sites is 1. The maximum absolute atomic E-state index is 11.8. The van der Waals surface area contributed by atoms with Crippen molar-refractivity contribution >= 4 is 23.9 Å². The number of hydrazone groups is 1. The number of amides is 1. The van der Waals surface area contributed by atoms with E-state index in [0.29, 0.717) is 10.9 Å². The topological polar surface area (TPSA) is 76.5 Å². The highest BCUT2D eigenvalue weighted by Gasteiger charge is 2.05. The van der Waals surface area contributed by atoms with Crippen molar-refractivity contribution in [1.29, 1.82) is 0 Å². The number of aromatic nitrogens is 2. The van der Waals surface area contributed by atoms with Crippen molar-refractivity contribution in [1.82, 2.24) is 15.4 Å². The van der Waals surface area contributed by atoms with Crippen molar-refractivity contribution in [2.45, 2.75) is 19.0 Å². The van der Waals surface area contributed by atoms with Crippen LogP contribution in [-0.2, 0) is 4.79 Å². The molecular weight excluding hydrogens is 312 g/mol. The zero-order chi connectivity index (χ0) is 16.7. The highest BCUT2D eigenvalue weighted by molar-refractivity contribution is 7.99. The summed E-state index contributed by atoms with van der Waals surface area (Å²) in [5.74, 6) is 0.680. The van der Waals surface area contributed by atoms with E-state index in [2.05, 4.69) is 20.5 Å². The van der Waals surface area contributed by atoms with E-state index in [4.69, 9.17) is 4.74 Å². The monoisotopic (exact) mass is 330 g/mol. The third-order valence-electron chi connectivity index (χ3n) is 2.83. The second kappa shape index (κ2) is 8.28. The predicted octanol–water partition coefficient (Wildman–Crippen LogP) is 2.34. The van der Waals surface area contributed by atoms with E-state index in [1.807, 2.05) is 44.2 Å². The molecule has 0 saturated heterocycles. The first-order valence-electron chi connectivity index (χ1n) is 6.98. The zero-order valence-electron chi connectivity index (χ0n) is 13.2. The second-order valence-corrected chi connectivity index (χ2v) is 5.70. The number of nitrogens with one attached hydrogen (secondary N) is 1. The largest absolute Gasteiger partial charge is 0.496 e. The molecule has 0 fully saturated rings. The lowest BCUT2D eigenvalue weighted by Gasteiger charge is -2.04. The highest BCUT2D eigenvalue weighted by atomic mass is 32.2. The van der Waals surface area contributed by atoms with Gasteiger partial charge in [0.2, 0.25) is 0 Å². The number of carbonyl (C=O) groups is 1. The molecule has 0 unspecified atom stereocenters. The summed E-state index contributed by atoms with van der Waals surface area (Å²) in [4.78, 5) is 20.3. The summed E-state index contributed by atoms with van der Waals surface area (Å²) in [6, 6.07) is 9.32. The Morgan fingerprint density at radius 1 is 1.30 bits per heavy atom. The van der Waals surface area contributed by atoms with Crippen LogP contribution in [0.2, 0.25) is 0 Å². The van der Waals surface area contributed by atoms with E-state index in [-0.39, 0.29) is 11.7 Å². The Kier molecular flexibility index (Phi) is 6.10. The first-order chi connectivity index (χ1) is 11.1. The van der Waals surface area contributed by atoms with Crippen molar-refractivity contribution < 1.29 is 9.53 Å². The van der Waals surface area contributed by atoms with Gasteiger partial charge in [-0.05, 0) is 32.0 Å². The van der Waals surface area contributed by atoms with Gasteiger partial charge in [-0.1, -0.05) is 23.9 Å². The van der Waals surface area contributed by atoms with Crippen LogP contribution in [0.3, 0.4) is 0 Å². The lowest BCUT2D eigenvalue weighted by Crippen LogP contribution is -2.19. The lowest BCUT2D eigenvalue weighted by molar-refractivity contribution is -0.118. The Morgan fingerprint density at radius 2 is 2.00 bits per heavy atom. The summed E-state index contributed by atoms with van der Waals surface area (Å²) < 4.78 is 5.21. The molecule has 0 aliphatic carbocycles. The highest BCUT2D eigenvalue weighted by Crippen LogP contribution is 2.15. The summed E-state index contributed by atoms with van der Waals surface area (Å²) >= 11 is 1.28. The van der Waals surface area contributed by atoms with Crippen molar-refractivity contribution in [2.24, 2.45) is 5.10 Å². The second-order valence-electron chi connectivity index (χ2n) is 4.76. The molecule has 1 aromatic heterocycles. The average Bonchev–Trinajstić information content (AvgIpc) is 2.52. The Bertz CT molecular complexity index is 699. The van der Waals surface area contributed by atoms with Gasteiger partial charge >= 0.3 is 0 Å². The average molecular weight is 330 g/mol. The van der Waals surface area contributed by atoms with Gasteiger partial charge in [0.1, 0.15) is 5.75 Å². The quantitative estimate of drug-likeness (QED) is 0.381. The van der Waals surface area contributed by atoms with Gasteiger partial charge in [0.05, 0.1) is 19.1 Å². The molecule has 1 N–H and O–H groups in total. The van der Waals surface area contributed by atoms with E-state index in [9.17, 15) is 4.79 Å². The van der Waals surface area contributed by atoms with Gasteiger partial charge in [-0.2, -0.15) is 5.10 Å². The van der Waals surface area contributed by atoms with Crippen LogP contribution in [0.1, 0.15) is 17.0 Å². The molecule has 23 heavy (non-hydrogen) atoms. The van der Waals surface area contributed by atoms with E-state index < -0.39 is 0 Å². The minimum atomic E-state index is -0.219. The van der Waals surface area contributed by atoms with Gasteiger partial charge < -0.3 is 4.74 Å². The maximum atomic E-state index is 11.8. The molecule has 0 radical (unpaired) electrons. The normalized spacial score (nSPS) is 10.7. The molecule has 0 atom stereocenters. The molecule has 0 aliphatic rings. The molecule has 1 heterocycles. The molecule has 0 aliphatic heterocycles. The molecule has 0 spiro atoms. The van der Waals surface area contributed by atoms with Crippen LogP contribution < -0.4 is 10.2 Å². The molecule has 6 nitrogen and oxygen atoms in total. The Balaban J connectivity index is 1.86. The third-order valence-corrected chi connectivity index (χ3v) is 3.67. The number of hydrogen-bond acceptors (Lipinski definition) is 6. The SMILES string of the molecule is COc1ccccc1C=NNC(=O)CSc1nc(C)cc(C)n1. The standard InChI is InChI=1S/C16H18N4O2S/c1-11-8-12(2)19-16(18-11)23-10-15(21)20-17-9-13-6-4-5-7-14(13)22-3/h4-9H,10H2,1-3H3,(H,20,21). The van der Waals surface area contributed by atoms with Gasteiger partial charge in [-0.25, -0.2) is 15.4 Å². The molecule has 0 bridgehead atoms. The molecule has 2 aromatic rings. The number of ether oxygens (including phenoxy) is 1. The van der Waals surface area contributed by atoms with Crippen molar-refractivity contribution in [3.8, 4) is 5.75 Å². The van der Waals surface area contributed by atoms with Crippen LogP contribution >= 0.6 is 11.8 Å². The van der Waals surface area contributed by atoms with E-state index in [1.54, 1.807) is 13.3 Å². The van der Waals surface area contributed by atoms with Crippen LogP contribution in [0.25, 0.3) is 0 Å². The van der Waals surface area contributed by atoms with E-state index in [0.717, 1.165) is 17.0 Å². The molecule has 2 rings (SSSR count). The zero-order valence-corrected chi connectivity index (χ0v) is 14.1. The summed E-state index contributed by atoms with van der Waals surface area (Å²) in [6.07, 6.45) is 1.55. The number of methoxy groups -OCH3 is 1. The van der Waals surface area contributed by atoms with Gasteiger partial charge in [0, 0.05) is 17.0 Å². The molecule has 1 amide bonds. The number of rotatable bonds is 6. The Morgan fingerprint density at radius 3 is 2.70 bits per heavy atom. The number of aryl methyl sites for hydroxylation is 2. The van der Waals surface area contributed by atoms with Gasteiger partial charge in [-0.3, -0.25) is 4.79 Å². The first kappa shape index (κ1) is 17.0. The molecule has 7 heteroatoms. The molecule has 1 aromatic carbocycles. The van der Waals surface area contributed by atoms with Crippen molar-refractivity contribution in [3.05, 3.63) is 47.3 Å². The fraction of sp³-hybridized carbons (Fsp3) is 0.250. The van der Waals surface area contributed by atoms with Crippen LogP contribution in [0, 0.1) is 13.8 Å². The maximum Gasteiger partial charge on any atom is 0.250 e. The minimum absolute atomic E-state index is 0.201. The van der Waals surface area contributed by atoms with Gasteiger partial charge in [-0.15, -0.1) is 0 Å². The fourth-order valence-corrected chi connectivity index (χ4v) is 2.61. The van der Waals surface area contributed by atoms with Crippen molar-refractivity contribution in [2.75, 3.05) is 12.9 Å². The number of thioether (sulfide) groups is 1. The summed E-state index contributed by atoms with van der Waals surface area (Å²) in [5, 5.41) is 4.53. The van der Waals surface area contributed by atoms with Crippen LogP contribution in [0.4, 0.5) is 0 Å². The third kappa shape index (κ3) is 5.37. The van der Waals surface area contributed by atoms with Gasteiger partial charge in [0.15, 0.2) is 5.16 Å². The van der Waals surface area contributed by atoms with Crippen LogP contribution in [-0.4, -0.2) is 35.0 Å². The summed E-state index contributed by atoms with van der Waals surface area (Å²) in [7, 11) is 1.59. The summed E-state index contributed by atoms with van der Waals surface area (Å²) in [5.41, 5.74) is 5.04. The van der Waals surface area contributed by atoms with E-state index >= 15 is 0 Å². The number of nitrogens with zero attached hydrogens (tertiary/aromatic N) is 3.